The van der Waals surface area contributed by atoms with Crippen molar-refractivity contribution in [2.45, 2.75) is 252 Å². The Kier molecular flexibility index (Phi) is 33.6. The minimum absolute atomic E-state index is 0.101. The Balaban J connectivity index is 0.000000489. The number of hydrogen-bond acceptors (Lipinski definition) is 14. The van der Waals surface area contributed by atoms with Crippen LogP contribution in [0.1, 0.15) is 229 Å². The van der Waals surface area contributed by atoms with E-state index in [0.29, 0.717) is 71.4 Å². The highest BCUT2D eigenvalue weighted by Crippen LogP contribution is 2.47. The highest BCUT2D eigenvalue weighted by Gasteiger charge is 2.56. The lowest BCUT2D eigenvalue weighted by atomic mass is 9.70. The molecule has 11 unspecified atom stereocenters. The molecule has 2 aliphatic heterocycles. The molecule has 0 aliphatic carbocycles. The van der Waals surface area contributed by atoms with Crippen molar-refractivity contribution in [2.75, 3.05) is 39.6 Å². The van der Waals surface area contributed by atoms with Gasteiger partial charge >= 0.3 is 11.9 Å². The van der Waals surface area contributed by atoms with Gasteiger partial charge < -0.3 is 29.2 Å². The van der Waals surface area contributed by atoms with Gasteiger partial charge in [-0.2, -0.15) is 10.1 Å². The van der Waals surface area contributed by atoms with E-state index >= 15 is 0 Å². The number of Topliss-reactive ketones (excluding diaryl/α,β-unsaturated/α-hetero) is 2. The van der Waals surface area contributed by atoms with E-state index < -0.39 is 40.5 Å². The molecule has 2 N–H and O–H groups in total. The van der Waals surface area contributed by atoms with Gasteiger partial charge in [0.1, 0.15) is 11.6 Å². The van der Waals surface area contributed by atoms with Crippen LogP contribution < -0.4 is 0 Å². The van der Waals surface area contributed by atoms with Gasteiger partial charge in [-0.25, -0.2) is 4.79 Å². The summed E-state index contributed by atoms with van der Waals surface area (Å²) in [6, 6.07) is 20.4. The van der Waals surface area contributed by atoms with E-state index in [2.05, 4.69) is 114 Å². The molecular formula is C66H110N2O12. The molecule has 0 amide bonds. The molecular weight excluding hydrogens is 1010 g/mol. The van der Waals surface area contributed by atoms with Crippen molar-refractivity contribution in [3.05, 3.63) is 84.6 Å². The summed E-state index contributed by atoms with van der Waals surface area (Å²) >= 11 is 0. The van der Waals surface area contributed by atoms with Gasteiger partial charge in [0.15, 0.2) is 12.4 Å². The lowest BCUT2D eigenvalue weighted by Gasteiger charge is -2.56. The van der Waals surface area contributed by atoms with E-state index in [0.717, 1.165) is 64.2 Å². The van der Waals surface area contributed by atoms with Crippen molar-refractivity contribution in [3.8, 4) is 0 Å². The second-order valence-electron chi connectivity index (χ2n) is 23.4. The van der Waals surface area contributed by atoms with Crippen molar-refractivity contribution in [2.24, 2.45) is 17.8 Å². The van der Waals surface area contributed by atoms with Crippen molar-refractivity contribution in [1.29, 1.82) is 0 Å². The van der Waals surface area contributed by atoms with Gasteiger partial charge in [-0.15, -0.1) is 0 Å². The Morgan fingerprint density at radius 1 is 0.600 bits per heavy atom. The van der Waals surface area contributed by atoms with Gasteiger partial charge in [-0.3, -0.25) is 24.1 Å². The predicted octanol–water partition coefficient (Wildman–Crippen LogP) is 13.8. The number of hydrogen-bond donors (Lipinski definition) is 2. The summed E-state index contributed by atoms with van der Waals surface area (Å²) in [5.74, 6) is -0.527. The van der Waals surface area contributed by atoms with Crippen LogP contribution in [0, 0.1) is 17.8 Å². The molecule has 14 nitrogen and oxygen atoms in total. The molecule has 2 aromatic rings. The van der Waals surface area contributed by atoms with Crippen LogP contribution >= 0.6 is 0 Å². The van der Waals surface area contributed by atoms with Crippen molar-refractivity contribution < 1.29 is 58.0 Å². The topological polar surface area (TPSA) is 171 Å². The highest BCUT2D eigenvalue weighted by molar-refractivity contribution is 5.85. The van der Waals surface area contributed by atoms with E-state index in [1.807, 2.05) is 60.4 Å². The first kappa shape index (κ1) is 72.1. The van der Waals surface area contributed by atoms with Gasteiger partial charge in [0.2, 0.25) is 0 Å². The first-order valence-electron chi connectivity index (χ1n) is 30.6. The molecule has 0 radical (unpaired) electrons. The maximum absolute atomic E-state index is 13.4. The number of benzene rings is 2. The minimum Gasteiger partial charge on any atom is -0.502 e. The number of piperidine rings is 2. The normalized spacial score (nSPS) is 25.1. The van der Waals surface area contributed by atoms with E-state index in [4.69, 9.17) is 33.7 Å². The zero-order valence-corrected chi connectivity index (χ0v) is 52.2. The Morgan fingerprint density at radius 2 is 1.04 bits per heavy atom. The molecule has 0 saturated carbocycles. The van der Waals surface area contributed by atoms with Crippen LogP contribution in [-0.2, 0) is 47.8 Å². The third kappa shape index (κ3) is 21.6. The number of ether oxygens (including phenoxy) is 4. The second-order valence-corrected chi connectivity index (χ2v) is 23.4. The Labute approximate surface area is 484 Å². The van der Waals surface area contributed by atoms with Gasteiger partial charge in [0.05, 0.1) is 54.2 Å². The first-order chi connectivity index (χ1) is 38.1. The van der Waals surface area contributed by atoms with Gasteiger partial charge in [0.25, 0.3) is 0 Å². The predicted molar refractivity (Wildman–Crippen MR) is 319 cm³/mol. The number of rotatable bonds is 34. The molecule has 456 valence electrons. The van der Waals surface area contributed by atoms with Gasteiger partial charge in [0, 0.05) is 50.9 Å². The lowest BCUT2D eigenvalue weighted by molar-refractivity contribution is -0.363. The quantitative estimate of drug-likeness (QED) is 0.0294. The summed E-state index contributed by atoms with van der Waals surface area (Å²) in [5.41, 5.74) is 0.387. The second kappa shape index (κ2) is 37.2. The molecule has 0 bridgehead atoms. The SMILES string of the molecule is C=COCCCCO.CCCCOC(=O)C(CC(C)c1ccccc1)ON1C(C)(CC)CC(=O)C(C)C1(C)CC.CCCCOC(=O)C(CC(OCCCCO)ON1C(C)(CC)CC(=O)C(C)C1(C)CC)CC(C)c1ccccc1. The Hall–Kier alpha value is -4.02. The molecule has 2 aromatic carbocycles. The summed E-state index contributed by atoms with van der Waals surface area (Å²) in [5, 5.41) is 21.6. The molecule has 2 heterocycles. The number of carbonyl (C=O) groups excluding carboxylic acids is 4. The standard InChI is InChI=1S/C33H55NO6.C27H43NO4.C6H12O2/c1-8-11-20-39-31(37)28(22-25(4)27-17-13-12-14-18-27)23-30(38-21-16-15-19-35)40-34-32(6,9-2)24-29(36)26(5)33(34,7)10-3;1-8-11-17-31-25(30)24(18-20(4)22-15-13-12-14-16-22)32-28-26(6,9-2)19-23(29)21(5)27(28,7)10-3;1-2-8-6-4-3-5-7/h12-14,17-18,25-26,28,30,35H,8-11,15-16,19-24H2,1-7H3;12-16,20-21,24H,8-11,17-19H2,1-7H3;2,7H,1,3-6H2. The molecule has 14 heteroatoms. The average molecular weight is 1120 g/mol. The minimum atomic E-state index is -0.723. The fourth-order valence-corrected chi connectivity index (χ4v) is 10.7. The third-order valence-corrected chi connectivity index (χ3v) is 17.4. The van der Waals surface area contributed by atoms with Crippen molar-refractivity contribution >= 4 is 23.5 Å². The number of nitrogens with zero attached hydrogens (tertiary/aromatic N) is 2. The summed E-state index contributed by atoms with van der Waals surface area (Å²) in [4.78, 5) is 65.9. The van der Waals surface area contributed by atoms with Gasteiger partial charge in [-0.05, 0) is 128 Å². The van der Waals surface area contributed by atoms with Crippen LogP contribution in [0.5, 0.6) is 0 Å². The number of ketones is 2. The first-order valence-corrected chi connectivity index (χ1v) is 30.6. The molecule has 4 rings (SSSR count). The molecule has 80 heavy (non-hydrogen) atoms. The number of unbranched alkanes of at least 4 members (excludes halogenated alkanes) is 4. The summed E-state index contributed by atoms with van der Waals surface area (Å²) < 4.78 is 22.4. The van der Waals surface area contributed by atoms with Gasteiger partial charge in [-0.1, -0.05) is 149 Å². The number of esters is 2. The molecule has 2 fully saturated rings. The van der Waals surface area contributed by atoms with E-state index in [1.165, 1.54) is 17.4 Å². The zero-order chi connectivity index (χ0) is 59.9. The number of carbonyl (C=O) groups is 4. The number of hydroxylamine groups is 4. The monoisotopic (exact) mass is 1120 g/mol. The van der Waals surface area contributed by atoms with Crippen LogP contribution in [0.25, 0.3) is 0 Å². The van der Waals surface area contributed by atoms with E-state index in [-0.39, 0.29) is 60.4 Å². The van der Waals surface area contributed by atoms with Crippen molar-refractivity contribution in [3.63, 3.8) is 0 Å². The smallest absolute Gasteiger partial charge is 0.337 e. The molecule has 2 aliphatic rings. The molecule has 0 spiro atoms. The Morgan fingerprint density at radius 3 is 1.46 bits per heavy atom. The summed E-state index contributed by atoms with van der Waals surface area (Å²) in [6.45, 7) is 34.7. The molecule has 11 atom stereocenters. The largest absolute Gasteiger partial charge is 0.502 e. The lowest BCUT2D eigenvalue weighted by Crippen LogP contribution is -2.67. The zero-order valence-electron chi connectivity index (χ0n) is 52.2. The van der Waals surface area contributed by atoms with Crippen LogP contribution in [-0.4, -0.2) is 118 Å². The van der Waals surface area contributed by atoms with Crippen LogP contribution in [0.2, 0.25) is 0 Å². The van der Waals surface area contributed by atoms with Crippen LogP contribution in [0.3, 0.4) is 0 Å². The maximum atomic E-state index is 13.4. The number of aliphatic hydroxyl groups excluding tert-OH is 2. The average Bonchev–Trinajstić information content (AvgIpc) is 3.46. The summed E-state index contributed by atoms with van der Waals surface area (Å²) in [7, 11) is 0. The maximum Gasteiger partial charge on any atom is 0.337 e. The van der Waals surface area contributed by atoms with Crippen molar-refractivity contribution in [1.82, 2.24) is 10.1 Å². The van der Waals surface area contributed by atoms with Crippen LogP contribution in [0.4, 0.5) is 0 Å². The van der Waals surface area contributed by atoms with E-state index in [1.54, 1.807) is 0 Å². The van der Waals surface area contributed by atoms with Crippen LogP contribution in [0.15, 0.2) is 73.5 Å². The fraction of sp³-hybridized carbons (Fsp3) is 0.727. The Bertz CT molecular complexity index is 2060. The molecule has 0 aromatic heterocycles. The highest BCUT2D eigenvalue weighted by atomic mass is 16.8. The fourth-order valence-electron chi connectivity index (χ4n) is 10.7. The summed E-state index contributed by atoms with van der Waals surface area (Å²) in [6.07, 6.45) is 11.9. The number of aliphatic hydroxyl groups is 2. The van der Waals surface area contributed by atoms with E-state index in [9.17, 15) is 24.3 Å². The third-order valence-electron chi connectivity index (χ3n) is 17.4. The molecule has 2 saturated heterocycles.